The maximum atomic E-state index is 11.0. The zero-order valence-electron chi connectivity index (χ0n) is 10.9. The number of rotatable bonds is 4. The predicted octanol–water partition coefficient (Wildman–Crippen LogP) is 2.10. The van der Waals surface area contributed by atoms with E-state index in [9.17, 15) is 10.1 Å². The highest BCUT2D eigenvalue weighted by Crippen LogP contribution is 2.28. The molecule has 0 radical (unpaired) electrons. The van der Waals surface area contributed by atoms with Gasteiger partial charge in [0.25, 0.3) is 5.69 Å². The molecule has 1 aromatic carbocycles. The third kappa shape index (κ3) is 2.45. The summed E-state index contributed by atoms with van der Waals surface area (Å²) in [6.07, 6.45) is 0. The first-order valence-electron chi connectivity index (χ1n) is 5.72. The van der Waals surface area contributed by atoms with E-state index in [1.165, 1.54) is 6.07 Å². The molecule has 0 saturated carbocycles. The van der Waals surface area contributed by atoms with Crippen molar-refractivity contribution in [3.63, 3.8) is 0 Å². The summed E-state index contributed by atoms with van der Waals surface area (Å²) >= 11 is 0. The lowest BCUT2D eigenvalue weighted by Crippen LogP contribution is -2.33. The van der Waals surface area contributed by atoms with Crippen LogP contribution in [0.3, 0.4) is 0 Å². The van der Waals surface area contributed by atoms with Gasteiger partial charge in [0.1, 0.15) is 5.56 Å². The van der Waals surface area contributed by atoms with E-state index in [0.29, 0.717) is 11.5 Å². The van der Waals surface area contributed by atoms with Crippen LogP contribution in [0, 0.1) is 10.1 Å². The number of nitro benzene ring substituents is 1. The van der Waals surface area contributed by atoms with Crippen molar-refractivity contribution in [2.75, 3.05) is 7.05 Å². The van der Waals surface area contributed by atoms with Gasteiger partial charge in [-0.1, -0.05) is 17.3 Å². The van der Waals surface area contributed by atoms with Crippen LogP contribution in [0.15, 0.2) is 28.8 Å². The topological polar surface area (TPSA) is 94.1 Å². The molecule has 0 aliphatic heterocycles. The van der Waals surface area contributed by atoms with Gasteiger partial charge in [-0.2, -0.15) is 4.98 Å². The maximum absolute atomic E-state index is 11.0. The number of hydrogen-bond donors (Lipinski definition) is 1. The lowest BCUT2D eigenvalue weighted by Gasteiger charge is -2.17. The van der Waals surface area contributed by atoms with Gasteiger partial charge in [0.05, 0.1) is 10.5 Å². The molecule has 0 unspecified atom stereocenters. The van der Waals surface area contributed by atoms with Gasteiger partial charge in [-0.3, -0.25) is 10.1 Å². The molecule has 100 valence electrons. The second-order valence-corrected chi connectivity index (χ2v) is 4.57. The summed E-state index contributed by atoms with van der Waals surface area (Å²) in [7, 11) is 1.77. The summed E-state index contributed by atoms with van der Waals surface area (Å²) in [6, 6.07) is 6.30. The molecule has 1 heterocycles. The molecule has 2 aromatic rings. The van der Waals surface area contributed by atoms with Gasteiger partial charge in [0.2, 0.25) is 11.7 Å². The van der Waals surface area contributed by atoms with E-state index in [2.05, 4.69) is 15.5 Å². The lowest BCUT2D eigenvalue weighted by molar-refractivity contribution is -0.384. The van der Waals surface area contributed by atoms with E-state index in [4.69, 9.17) is 4.52 Å². The molecule has 19 heavy (non-hydrogen) atoms. The Morgan fingerprint density at radius 3 is 2.68 bits per heavy atom. The molecular weight excluding hydrogens is 248 g/mol. The van der Waals surface area contributed by atoms with E-state index in [-0.39, 0.29) is 11.5 Å². The van der Waals surface area contributed by atoms with Crippen molar-refractivity contribution in [2.45, 2.75) is 19.4 Å². The lowest BCUT2D eigenvalue weighted by atomic mass is 10.1. The van der Waals surface area contributed by atoms with Gasteiger partial charge in [-0.15, -0.1) is 0 Å². The van der Waals surface area contributed by atoms with Crippen LogP contribution in [0.4, 0.5) is 5.69 Å². The van der Waals surface area contributed by atoms with Crippen LogP contribution >= 0.6 is 0 Å². The fourth-order valence-corrected chi connectivity index (χ4v) is 1.52. The SMILES string of the molecule is CNC(C)(C)c1nc(-c2ccccc2[N+](=O)[O-])no1. The third-order valence-electron chi connectivity index (χ3n) is 2.93. The first-order chi connectivity index (χ1) is 8.95. The minimum Gasteiger partial charge on any atom is -0.337 e. The van der Waals surface area contributed by atoms with Crippen LogP contribution in [-0.4, -0.2) is 22.1 Å². The average Bonchev–Trinajstić information content (AvgIpc) is 2.89. The number of nitro groups is 1. The summed E-state index contributed by atoms with van der Waals surface area (Å²) in [4.78, 5) is 14.7. The van der Waals surface area contributed by atoms with Gasteiger partial charge in [0, 0.05) is 6.07 Å². The van der Waals surface area contributed by atoms with Crippen molar-refractivity contribution >= 4 is 5.69 Å². The molecule has 0 fully saturated rings. The second-order valence-electron chi connectivity index (χ2n) is 4.57. The molecule has 0 spiro atoms. The number of hydrogen-bond acceptors (Lipinski definition) is 6. The summed E-state index contributed by atoms with van der Waals surface area (Å²) < 4.78 is 5.16. The first-order valence-corrected chi connectivity index (χ1v) is 5.72. The minimum absolute atomic E-state index is 0.0443. The van der Waals surface area contributed by atoms with Gasteiger partial charge < -0.3 is 9.84 Å². The Labute approximate surface area is 109 Å². The van der Waals surface area contributed by atoms with Gasteiger partial charge in [-0.05, 0) is 27.0 Å². The standard InChI is InChI=1S/C12H14N4O3/c1-12(2,13-3)11-14-10(15-19-11)8-6-4-5-7-9(8)16(17)18/h4-7,13H,1-3H3. The van der Waals surface area contributed by atoms with Crippen molar-refractivity contribution < 1.29 is 9.45 Å². The quantitative estimate of drug-likeness (QED) is 0.669. The highest BCUT2D eigenvalue weighted by atomic mass is 16.6. The van der Waals surface area contributed by atoms with E-state index in [0.717, 1.165) is 0 Å². The maximum Gasteiger partial charge on any atom is 0.280 e. The fourth-order valence-electron chi connectivity index (χ4n) is 1.52. The summed E-state index contributed by atoms with van der Waals surface area (Å²) in [5.74, 6) is 0.591. The van der Waals surface area contributed by atoms with E-state index >= 15 is 0 Å². The van der Waals surface area contributed by atoms with Gasteiger partial charge >= 0.3 is 0 Å². The normalized spacial score (nSPS) is 11.5. The molecule has 7 nitrogen and oxygen atoms in total. The second kappa shape index (κ2) is 4.77. The smallest absolute Gasteiger partial charge is 0.280 e. The number of benzene rings is 1. The Bertz CT molecular complexity index is 607. The first kappa shape index (κ1) is 13.2. The summed E-state index contributed by atoms with van der Waals surface area (Å²) in [6.45, 7) is 3.76. The van der Waals surface area contributed by atoms with Gasteiger partial charge in [0.15, 0.2) is 0 Å². The van der Waals surface area contributed by atoms with Crippen LogP contribution in [0.1, 0.15) is 19.7 Å². The molecule has 0 amide bonds. The van der Waals surface area contributed by atoms with Crippen molar-refractivity contribution in [1.29, 1.82) is 0 Å². The monoisotopic (exact) mass is 262 g/mol. The van der Waals surface area contributed by atoms with Crippen molar-refractivity contribution in [3.05, 3.63) is 40.3 Å². The van der Waals surface area contributed by atoms with Crippen LogP contribution in [0.5, 0.6) is 0 Å². The number of nitrogens with one attached hydrogen (secondary N) is 1. The zero-order chi connectivity index (χ0) is 14.0. The Kier molecular flexibility index (Phi) is 3.30. The largest absolute Gasteiger partial charge is 0.337 e. The summed E-state index contributed by atoms with van der Waals surface area (Å²) in [5, 5.41) is 17.8. The van der Waals surface area contributed by atoms with Crippen LogP contribution in [0.2, 0.25) is 0 Å². The zero-order valence-corrected chi connectivity index (χ0v) is 10.9. The molecule has 0 aliphatic rings. The molecule has 0 saturated heterocycles. The van der Waals surface area contributed by atoms with E-state index < -0.39 is 10.5 Å². The third-order valence-corrected chi connectivity index (χ3v) is 2.93. The van der Waals surface area contributed by atoms with Crippen molar-refractivity contribution in [1.82, 2.24) is 15.5 Å². The van der Waals surface area contributed by atoms with E-state index in [1.54, 1.807) is 25.2 Å². The molecule has 2 rings (SSSR count). The molecule has 0 atom stereocenters. The molecule has 0 bridgehead atoms. The highest BCUT2D eigenvalue weighted by molar-refractivity contribution is 5.67. The number of para-hydroxylation sites is 1. The summed E-state index contributed by atoms with van der Waals surface area (Å²) in [5.41, 5.74) is -0.194. The van der Waals surface area contributed by atoms with E-state index in [1.807, 2.05) is 13.8 Å². The minimum atomic E-state index is -0.491. The Balaban J connectivity index is 2.47. The van der Waals surface area contributed by atoms with Crippen LogP contribution in [0.25, 0.3) is 11.4 Å². The van der Waals surface area contributed by atoms with Crippen LogP contribution < -0.4 is 5.32 Å². The molecule has 1 aromatic heterocycles. The van der Waals surface area contributed by atoms with Crippen molar-refractivity contribution in [2.24, 2.45) is 0 Å². The predicted molar refractivity (Wildman–Crippen MR) is 68.5 cm³/mol. The van der Waals surface area contributed by atoms with Gasteiger partial charge in [-0.25, -0.2) is 0 Å². The average molecular weight is 262 g/mol. The molecular formula is C12H14N4O3. The Morgan fingerprint density at radius 2 is 2.05 bits per heavy atom. The molecule has 1 N–H and O–H groups in total. The Hall–Kier alpha value is -2.28. The van der Waals surface area contributed by atoms with Crippen LogP contribution in [-0.2, 0) is 5.54 Å². The highest BCUT2D eigenvalue weighted by Gasteiger charge is 2.27. The number of aromatic nitrogens is 2. The Morgan fingerprint density at radius 1 is 1.37 bits per heavy atom. The molecule has 0 aliphatic carbocycles. The van der Waals surface area contributed by atoms with Crippen molar-refractivity contribution in [3.8, 4) is 11.4 Å². The fraction of sp³-hybridized carbons (Fsp3) is 0.333. The molecule has 7 heteroatoms. The number of nitrogens with zero attached hydrogens (tertiary/aromatic N) is 3.